The van der Waals surface area contributed by atoms with E-state index < -0.39 is 40.8 Å². The predicted molar refractivity (Wildman–Crippen MR) is 95.4 cm³/mol. The van der Waals surface area contributed by atoms with Gasteiger partial charge in [-0.25, -0.2) is 9.37 Å². The number of aromatic nitrogens is 2. The third-order valence-electron chi connectivity index (χ3n) is 3.90. The van der Waals surface area contributed by atoms with E-state index in [1.807, 2.05) is 0 Å². The van der Waals surface area contributed by atoms with E-state index in [1.54, 1.807) is 5.32 Å². The molecule has 1 aromatic carbocycles. The van der Waals surface area contributed by atoms with Gasteiger partial charge in [-0.1, -0.05) is 12.1 Å². The van der Waals surface area contributed by atoms with Crippen LogP contribution in [0.5, 0.6) is 5.75 Å². The summed E-state index contributed by atoms with van der Waals surface area (Å²) in [6.45, 7) is -0.0397. The maximum atomic E-state index is 12.9. The summed E-state index contributed by atoms with van der Waals surface area (Å²) in [5.41, 5.74) is -1.72. The van der Waals surface area contributed by atoms with Crippen LogP contribution in [0.15, 0.2) is 47.4 Å². The number of fused-ring (bicyclic) bond motifs is 1. The average Bonchev–Trinajstić information content (AvgIpc) is 2.69. The molecular formula is C18H12F4N4O4. The molecule has 12 heteroatoms. The van der Waals surface area contributed by atoms with Gasteiger partial charge in [-0.3, -0.25) is 18.8 Å². The SMILES string of the molecule is O=C(NCc1ccc(F)cc1)c1nc2ccc(NC(=O)C(F)(F)F)cn2c(=O)c1O. The largest absolute Gasteiger partial charge is 0.501 e. The van der Waals surface area contributed by atoms with E-state index in [0.717, 1.165) is 18.3 Å². The molecule has 3 aromatic rings. The van der Waals surface area contributed by atoms with Crippen molar-refractivity contribution in [3.63, 3.8) is 0 Å². The van der Waals surface area contributed by atoms with Gasteiger partial charge in [0.1, 0.15) is 11.5 Å². The number of nitrogens with zero attached hydrogens (tertiary/aromatic N) is 2. The van der Waals surface area contributed by atoms with Crippen molar-refractivity contribution in [1.29, 1.82) is 0 Å². The molecule has 30 heavy (non-hydrogen) atoms. The van der Waals surface area contributed by atoms with Gasteiger partial charge in [0.2, 0.25) is 5.75 Å². The minimum absolute atomic E-state index is 0.0397. The Morgan fingerprint density at radius 2 is 1.77 bits per heavy atom. The number of carbonyl (C=O) groups excluding carboxylic acids is 2. The highest BCUT2D eigenvalue weighted by atomic mass is 19.4. The molecule has 2 aromatic heterocycles. The first kappa shape index (κ1) is 20.8. The van der Waals surface area contributed by atoms with Gasteiger partial charge < -0.3 is 15.7 Å². The molecule has 0 spiro atoms. The van der Waals surface area contributed by atoms with Gasteiger partial charge in [-0.05, 0) is 29.8 Å². The van der Waals surface area contributed by atoms with Crippen LogP contribution in [-0.4, -0.2) is 32.5 Å². The fraction of sp³-hybridized carbons (Fsp3) is 0.111. The van der Waals surface area contributed by atoms with Crippen molar-refractivity contribution in [3.05, 3.63) is 70.0 Å². The van der Waals surface area contributed by atoms with Crippen molar-refractivity contribution in [2.45, 2.75) is 12.7 Å². The number of alkyl halides is 3. The lowest BCUT2D eigenvalue weighted by Crippen LogP contribution is -2.30. The lowest BCUT2D eigenvalue weighted by molar-refractivity contribution is -0.167. The molecule has 0 saturated heterocycles. The van der Waals surface area contributed by atoms with Crippen LogP contribution in [0.1, 0.15) is 16.1 Å². The molecule has 3 N–H and O–H groups in total. The zero-order valence-electron chi connectivity index (χ0n) is 14.8. The van der Waals surface area contributed by atoms with E-state index in [9.17, 15) is 37.1 Å². The summed E-state index contributed by atoms with van der Waals surface area (Å²) in [5.74, 6) is -4.64. The van der Waals surface area contributed by atoms with Crippen LogP contribution in [0, 0.1) is 5.82 Å². The van der Waals surface area contributed by atoms with Crippen molar-refractivity contribution in [3.8, 4) is 5.75 Å². The minimum atomic E-state index is -5.13. The third-order valence-corrected chi connectivity index (χ3v) is 3.90. The van der Waals surface area contributed by atoms with E-state index in [0.29, 0.717) is 9.96 Å². The number of amides is 2. The normalized spacial score (nSPS) is 11.3. The van der Waals surface area contributed by atoms with Crippen LogP contribution in [0.2, 0.25) is 0 Å². The Hall–Kier alpha value is -3.96. The standard InChI is InChI=1S/C18H12F4N4O4/c19-10-3-1-9(2-4-10)7-23-15(28)13-14(27)16(29)26-8-11(5-6-12(26)25-13)24-17(30)18(20,21)22/h1-6,8,27H,7H2,(H,23,28)(H,24,30). The smallest absolute Gasteiger partial charge is 0.471 e. The molecule has 156 valence electrons. The van der Waals surface area contributed by atoms with Gasteiger partial charge in [0.05, 0.1) is 5.69 Å². The van der Waals surface area contributed by atoms with E-state index in [-0.39, 0.29) is 17.9 Å². The zero-order valence-corrected chi connectivity index (χ0v) is 14.8. The average molecular weight is 424 g/mol. The second-order valence-corrected chi connectivity index (χ2v) is 6.02. The highest BCUT2D eigenvalue weighted by Gasteiger charge is 2.38. The van der Waals surface area contributed by atoms with Gasteiger partial charge in [0.25, 0.3) is 5.91 Å². The second kappa shape index (κ2) is 7.81. The van der Waals surface area contributed by atoms with Crippen LogP contribution >= 0.6 is 0 Å². The van der Waals surface area contributed by atoms with E-state index in [2.05, 4.69) is 10.3 Å². The maximum absolute atomic E-state index is 12.9. The Morgan fingerprint density at radius 3 is 2.40 bits per heavy atom. The Bertz CT molecular complexity index is 1190. The number of pyridine rings is 1. The number of halogens is 4. The summed E-state index contributed by atoms with van der Waals surface area (Å²) >= 11 is 0. The second-order valence-electron chi connectivity index (χ2n) is 6.02. The number of aromatic hydroxyl groups is 1. The molecule has 0 radical (unpaired) electrons. The number of hydrogen-bond acceptors (Lipinski definition) is 5. The van der Waals surface area contributed by atoms with Gasteiger partial charge in [-0.2, -0.15) is 13.2 Å². The van der Waals surface area contributed by atoms with Crippen molar-refractivity contribution < 1.29 is 32.3 Å². The Balaban J connectivity index is 1.86. The Morgan fingerprint density at radius 1 is 1.10 bits per heavy atom. The summed E-state index contributed by atoms with van der Waals surface area (Å²) in [6.07, 6.45) is -4.30. The number of nitrogens with one attached hydrogen (secondary N) is 2. The highest BCUT2D eigenvalue weighted by molar-refractivity contribution is 5.96. The fourth-order valence-corrected chi connectivity index (χ4v) is 2.43. The number of anilines is 1. The molecular weight excluding hydrogens is 412 g/mol. The molecule has 0 aliphatic heterocycles. The number of hydrogen-bond donors (Lipinski definition) is 3. The highest BCUT2D eigenvalue weighted by Crippen LogP contribution is 2.19. The molecule has 8 nitrogen and oxygen atoms in total. The van der Waals surface area contributed by atoms with Gasteiger partial charge in [-0.15, -0.1) is 0 Å². The molecule has 0 aliphatic rings. The number of rotatable bonds is 4. The summed E-state index contributed by atoms with van der Waals surface area (Å²) in [4.78, 5) is 39.5. The van der Waals surface area contributed by atoms with Crippen molar-refractivity contribution >= 4 is 23.1 Å². The minimum Gasteiger partial charge on any atom is -0.501 e. The molecule has 3 rings (SSSR count). The molecule has 0 bridgehead atoms. The van der Waals surface area contributed by atoms with Crippen LogP contribution in [0.3, 0.4) is 0 Å². The van der Waals surface area contributed by atoms with Gasteiger partial charge >= 0.3 is 17.6 Å². The van der Waals surface area contributed by atoms with Crippen molar-refractivity contribution in [2.24, 2.45) is 0 Å². The molecule has 0 fully saturated rings. The van der Waals surface area contributed by atoms with Crippen molar-refractivity contribution in [1.82, 2.24) is 14.7 Å². The van der Waals surface area contributed by atoms with Crippen molar-refractivity contribution in [2.75, 3.05) is 5.32 Å². The monoisotopic (exact) mass is 424 g/mol. The predicted octanol–water partition coefficient (Wildman–Crippen LogP) is 1.97. The third kappa shape index (κ3) is 4.37. The van der Waals surface area contributed by atoms with Crippen LogP contribution in [-0.2, 0) is 11.3 Å². The van der Waals surface area contributed by atoms with E-state index >= 15 is 0 Å². The van der Waals surface area contributed by atoms with Crippen LogP contribution in [0.25, 0.3) is 5.65 Å². The van der Waals surface area contributed by atoms with E-state index in [4.69, 9.17) is 0 Å². The summed E-state index contributed by atoms with van der Waals surface area (Å²) < 4.78 is 50.6. The fourth-order valence-electron chi connectivity index (χ4n) is 2.43. The summed E-state index contributed by atoms with van der Waals surface area (Å²) in [5, 5.41) is 14.0. The van der Waals surface area contributed by atoms with Gasteiger partial charge in [0, 0.05) is 12.7 Å². The summed E-state index contributed by atoms with van der Waals surface area (Å²) in [6, 6.07) is 7.36. The molecule has 0 saturated carbocycles. The first-order valence-corrected chi connectivity index (χ1v) is 8.22. The number of carbonyl (C=O) groups is 2. The summed E-state index contributed by atoms with van der Waals surface area (Å²) in [7, 11) is 0. The first-order valence-electron chi connectivity index (χ1n) is 8.22. The van der Waals surface area contributed by atoms with Gasteiger partial charge in [0.15, 0.2) is 5.69 Å². The van der Waals surface area contributed by atoms with Crippen LogP contribution < -0.4 is 16.2 Å². The van der Waals surface area contributed by atoms with E-state index in [1.165, 1.54) is 24.3 Å². The molecule has 2 heterocycles. The maximum Gasteiger partial charge on any atom is 0.471 e. The topological polar surface area (TPSA) is 113 Å². The Labute approximate surface area is 164 Å². The number of benzene rings is 1. The molecule has 2 amide bonds. The quantitative estimate of drug-likeness (QED) is 0.555. The molecule has 0 atom stereocenters. The Kier molecular flexibility index (Phi) is 5.41. The first-order chi connectivity index (χ1) is 14.1. The molecule has 0 unspecified atom stereocenters. The zero-order chi connectivity index (χ0) is 22.1. The van der Waals surface area contributed by atoms with Crippen LogP contribution in [0.4, 0.5) is 23.2 Å². The lowest BCUT2D eigenvalue weighted by Gasteiger charge is -2.11. The molecule has 0 aliphatic carbocycles. The lowest BCUT2D eigenvalue weighted by atomic mass is 10.2.